The maximum atomic E-state index is 10.8. The van der Waals surface area contributed by atoms with Crippen molar-refractivity contribution in [3.8, 4) is 0 Å². The third kappa shape index (κ3) is 1.24. The largest absolute Gasteiger partial charge is 0.364 e. The molecular formula is C5H6N4O3. The van der Waals surface area contributed by atoms with Crippen LogP contribution in [0.4, 0.5) is 0 Å². The summed E-state index contributed by atoms with van der Waals surface area (Å²) in [6, 6.07) is 0. The third-order valence-corrected chi connectivity index (χ3v) is 1.21. The molecule has 7 nitrogen and oxygen atoms in total. The molecule has 0 saturated carbocycles. The molecule has 0 fully saturated rings. The van der Waals surface area contributed by atoms with Crippen LogP contribution in [0.25, 0.3) is 0 Å². The molecule has 1 heterocycles. The fourth-order valence-corrected chi connectivity index (χ4v) is 0.639. The Labute approximate surface area is 65.8 Å². The number of hydrogen-bond acceptors (Lipinski definition) is 4. The van der Waals surface area contributed by atoms with E-state index in [1.165, 1.54) is 7.05 Å². The van der Waals surface area contributed by atoms with Crippen LogP contribution < -0.4 is 17.0 Å². The predicted octanol–water partition coefficient (Wildman–Crippen LogP) is -2.43. The van der Waals surface area contributed by atoms with Crippen LogP contribution in [0.1, 0.15) is 10.5 Å². The number of nitrogens with zero attached hydrogens (tertiary/aromatic N) is 2. The highest BCUT2D eigenvalue weighted by Crippen LogP contribution is 1.74. The van der Waals surface area contributed by atoms with Crippen LogP contribution in [0.15, 0.2) is 9.59 Å². The average molecular weight is 170 g/mol. The maximum absolute atomic E-state index is 10.8. The Morgan fingerprint density at radius 1 is 1.58 bits per heavy atom. The topological polar surface area (TPSA) is 111 Å². The van der Waals surface area contributed by atoms with E-state index in [-0.39, 0.29) is 0 Å². The monoisotopic (exact) mass is 170 g/mol. The molecule has 3 N–H and O–H groups in total. The van der Waals surface area contributed by atoms with Gasteiger partial charge in [-0.3, -0.25) is 14.6 Å². The lowest BCUT2D eigenvalue weighted by Gasteiger charge is -1.95. The molecule has 0 saturated heterocycles. The van der Waals surface area contributed by atoms with Crippen LogP contribution >= 0.6 is 0 Å². The molecule has 1 amide bonds. The van der Waals surface area contributed by atoms with E-state index in [1.807, 2.05) is 4.98 Å². The molecule has 1 rings (SSSR count). The first-order valence-corrected chi connectivity index (χ1v) is 3.00. The number of hydrogen-bond donors (Lipinski definition) is 2. The molecule has 0 unspecified atom stereocenters. The van der Waals surface area contributed by atoms with Crippen LogP contribution in [0, 0.1) is 0 Å². The van der Waals surface area contributed by atoms with Gasteiger partial charge in [0.1, 0.15) is 0 Å². The number of aromatic amines is 1. The van der Waals surface area contributed by atoms with Crippen molar-refractivity contribution < 1.29 is 4.79 Å². The number of H-pyrrole nitrogens is 1. The van der Waals surface area contributed by atoms with E-state index in [9.17, 15) is 14.4 Å². The molecule has 12 heavy (non-hydrogen) atoms. The minimum Gasteiger partial charge on any atom is -0.364 e. The molecule has 0 aliphatic heterocycles. The highest BCUT2D eigenvalue weighted by atomic mass is 16.2. The lowest BCUT2D eigenvalue weighted by atomic mass is 10.4. The van der Waals surface area contributed by atoms with Gasteiger partial charge in [0.05, 0.1) is 0 Å². The Morgan fingerprint density at radius 3 is 2.67 bits per heavy atom. The Bertz CT molecular complexity index is 429. The number of carbonyl (C=O) groups excluding carboxylic acids is 1. The number of aromatic nitrogens is 3. The first kappa shape index (κ1) is 8.18. The molecule has 0 aromatic carbocycles. The molecule has 1 aromatic heterocycles. The van der Waals surface area contributed by atoms with E-state index in [2.05, 4.69) is 5.10 Å². The third-order valence-electron chi connectivity index (χ3n) is 1.21. The summed E-state index contributed by atoms with van der Waals surface area (Å²) < 4.78 is 0.821. The average Bonchev–Trinajstić information content (AvgIpc) is 1.96. The fraction of sp³-hybridized carbons (Fsp3) is 0.200. The van der Waals surface area contributed by atoms with Gasteiger partial charge in [0.15, 0.2) is 0 Å². The second kappa shape index (κ2) is 2.61. The van der Waals surface area contributed by atoms with Gasteiger partial charge in [-0.1, -0.05) is 0 Å². The van der Waals surface area contributed by atoms with Crippen LogP contribution in [-0.4, -0.2) is 20.7 Å². The van der Waals surface area contributed by atoms with Gasteiger partial charge >= 0.3 is 5.69 Å². The summed E-state index contributed by atoms with van der Waals surface area (Å²) in [5.74, 6) is -0.966. The fourth-order valence-electron chi connectivity index (χ4n) is 0.639. The minimum atomic E-state index is -0.966. The zero-order chi connectivity index (χ0) is 9.30. The minimum absolute atomic E-state index is 0.475. The summed E-state index contributed by atoms with van der Waals surface area (Å²) in [7, 11) is 1.30. The van der Waals surface area contributed by atoms with Crippen molar-refractivity contribution in [2.24, 2.45) is 12.8 Å². The van der Waals surface area contributed by atoms with Crippen molar-refractivity contribution in [3.63, 3.8) is 0 Å². The summed E-state index contributed by atoms with van der Waals surface area (Å²) in [4.78, 5) is 33.9. The smallest absolute Gasteiger partial charge is 0.344 e. The van der Waals surface area contributed by atoms with Crippen molar-refractivity contribution in [2.75, 3.05) is 0 Å². The van der Waals surface area contributed by atoms with Gasteiger partial charge in [0.25, 0.3) is 11.5 Å². The Morgan fingerprint density at radius 2 is 2.17 bits per heavy atom. The van der Waals surface area contributed by atoms with Crippen molar-refractivity contribution in [1.29, 1.82) is 0 Å². The maximum Gasteiger partial charge on any atom is 0.344 e. The van der Waals surface area contributed by atoms with E-state index in [4.69, 9.17) is 5.73 Å². The van der Waals surface area contributed by atoms with Gasteiger partial charge in [0, 0.05) is 7.05 Å². The standard InChI is InChI=1S/C5H6N4O3/c1-9-5(12)7-4(11)2(8-9)3(6)10/h1H3,(H2,6,10)(H,7,11,12). The lowest BCUT2D eigenvalue weighted by molar-refractivity contribution is 0.0991. The van der Waals surface area contributed by atoms with Crippen molar-refractivity contribution >= 4 is 5.91 Å². The molecule has 0 atom stereocenters. The van der Waals surface area contributed by atoms with Gasteiger partial charge in [0.2, 0.25) is 5.69 Å². The molecule has 0 bridgehead atoms. The van der Waals surface area contributed by atoms with Crippen LogP contribution in [0.5, 0.6) is 0 Å². The van der Waals surface area contributed by atoms with E-state index < -0.39 is 22.9 Å². The van der Waals surface area contributed by atoms with Gasteiger partial charge in [-0.05, 0) is 0 Å². The van der Waals surface area contributed by atoms with Gasteiger partial charge < -0.3 is 5.73 Å². The number of amides is 1. The molecule has 7 heteroatoms. The summed E-state index contributed by atoms with van der Waals surface area (Å²) in [6.45, 7) is 0. The van der Waals surface area contributed by atoms with Gasteiger partial charge in [-0.2, -0.15) is 5.10 Å². The zero-order valence-electron chi connectivity index (χ0n) is 6.20. The zero-order valence-corrected chi connectivity index (χ0v) is 6.20. The number of carbonyl (C=O) groups is 1. The van der Waals surface area contributed by atoms with E-state index in [0.717, 1.165) is 4.68 Å². The lowest BCUT2D eigenvalue weighted by Crippen LogP contribution is -2.36. The summed E-state index contributed by atoms with van der Waals surface area (Å²) in [5.41, 5.74) is 2.76. The Hall–Kier alpha value is -1.92. The Balaban J connectivity index is 3.54. The number of primary amides is 1. The first-order valence-electron chi connectivity index (χ1n) is 3.00. The molecule has 64 valence electrons. The van der Waals surface area contributed by atoms with Gasteiger partial charge in [-0.15, -0.1) is 0 Å². The highest BCUT2D eigenvalue weighted by molar-refractivity contribution is 5.90. The van der Waals surface area contributed by atoms with E-state index in [1.54, 1.807) is 0 Å². The number of nitrogens with two attached hydrogens (primary N) is 1. The van der Waals surface area contributed by atoms with E-state index in [0.29, 0.717) is 0 Å². The van der Waals surface area contributed by atoms with Crippen LogP contribution in [0.2, 0.25) is 0 Å². The van der Waals surface area contributed by atoms with Crippen LogP contribution in [0.3, 0.4) is 0 Å². The summed E-state index contributed by atoms with van der Waals surface area (Å²) in [5, 5.41) is 3.36. The van der Waals surface area contributed by atoms with Crippen molar-refractivity contribution in [1.82, 2.24) is 14.8 Å². The number of nitrogens with one attached hydrogen (secondary N) is 1. The predicted molar refractivity (Wildman–Crippen MR) is 38.6 cm³/mol. The highest BCUT2D eigenvalue weighted by Gasteiger charge is 2.09. The normalized spacial score (nSPS) is 9.75. The SMILES string of the molecule is Cn1nc(C(N)=O)c(=O)[nH]c1=O. The van der Waals surface area contributed by atoms with Gasteiger partial charge in [-0.25, -0.2) is 9.48 Å². The second-order valence-electron chi connectivity index (χ2n) is 2.10. The molecule has 1 aromatic rings. The second-order valence-corrected chi connectivity index (χ2v) is 2.10. The summed E-state index contributed by atoms with van der Waals surface area (Å²) in [6.07, 6.45) is 0. The first-order chi connectivity index (χ1) is 5.52. The quantitative estimate of drug-likeness (QED) is 0.488. The van der Waals surface area contributed by atoms with E-state index >= 15 is 0 Å². The number of rotatable bonds is 1. The Kier molecular flexibility index (Phi) is 1.78. The number of aryl methyl sites for hydroxylation is 1. The van der Waals surface area contributed by atoms with Crippen molar-refractivity contribution in [3.05, 3.63) is 26.5 Å². The molecule has 0 aliphatic rings. The van der Waals surface area contributed by atoms with Crippen molar-refractivity contribution in [2.45, 2.75) is 0 Å². The molecule has 0 spiro atoms. The molecule has 0 radical (unpaired) electrons. The summed E-state index contributed by atoms with van der Waals surface area (Å²) >= 11 is 0. The molecular weight excluding hydrogens is 164 g/mol. The molecule has 0 aliphatic carbocycles. The van der Waals surface area contributed by atoms with Crippen LogP contribution in [-0.2, 0) is 7.05 Å².